The van der Waals surface area contributed by atoms with Crippen molar-refractivity contribution in [1.82, 2.24) is 15.5 Å². The van der Waals surface area contributed by atoms with E-state index in [1.807, 2.05) is 50.2 Å². The molecule has 1 heterocycles. The predicted octanol–water partition coefficient (Wildman–Crippen LogP) is 4.51. The molecule has 1 N–H and O–H groups in total. The van der Waals surface area contributed by atoms with Gasteiger partial charge in [-0.05, 0) is 19.9 Å². The van der Waals surface area contributed by atoms with Crippen LogP contribution in [0, 0.1) is 13.8 Å². The van der Waals surface area contributed by atoms with Crippen molar-refractivity contribution in [2.45, 2.75) is 20.4 Å². The van der Waals surface area contributed by atoms with E-state index in [0.717, 1.165) is 16.7 Å². The molecule has 4 rings (SSSR count). The Bertz CT molecular complexity index is 1230. The van der Waals surface area contributed by atoms with E-state index >= 15 is 0 Å². The average Bonchev–Trinajstić information content (AvgIpc) is 3.27. The largest absolute Gasteiger partial charge is 0.343 e. The molecule has 31 heavy (non-hydrogen) atoms. The summed E-state index contributed by atoms with van der Waals surface area (Å²) in [6, 6.07) is 21.8. The fourth-order valence-corrected chi connectivity index (χ4v) is 3.14. The van der Waals surface area contributed by atoms with Gasteiger partial charge in [0.15, 0.2) is 5.78 Å². The lowest BCUT2D eigenvalue weighted by molar-refractivity contribution is 0.0935. The van der Waals surface area contributed by atoms with Gasteiger partial charge in [0.25, 0.3) is 5.91 Å². The molecule has 0 spiro atoms. The van der Waals surface area contributed by atoms with Gasteiger partial charge in [0.05, 0.1) is 12.1 Å². The monoisotopic (exact) mass is 411 g/mol. The smallest absolute Gasteiger partial charge is 0.252 e. The van der Waals surface area contributed by atoms with Crippen molar-refractivity contribution in [3.63, 3.8) is 0 Å². The first kappa shape index (κ1) is 20.2. The van der Waals surface area contributed by atoms with Gasteiger partial charge in [-0.25, -0.2) is 0 Å². The molecule has 0 saturated heterocycles. The van der Waals surface area contributed by atoms with Gasteiger partial charge in [0, 0.05) is 16.7 Å². The number of nitrogens with one attached hydrogen (secondary N) is 1. The van der Waals surface area contributed by atoms with Crippen LogP contribution in [0.1, 0.15) is 43.3 Å². The minimum Gasteiger partial charge on any atom is -0.343 e. The third-order valence-electron chi connectivity index (χ3n) is 4.91. The molecule has 3 aromatic carbocycles. The van der Waals surface area contributed by atoms with Crippen molar-refractivity contribution in [3.8, 4) is 11.4 Å². The number of hydrogen-bond acceptors (Lipinski definition) is 5. The van der Waals surface area contributed by atoms with Crippen LogP contribution in [0.25, 0.3) is 11.4 Å². The summed E-state index contributed by atoms with van der Waals surface area (Å²) in [6.07, 6.45) is 0. The summed E-state index contributed by atoms with van der Waals surface area (Å²) in [4.78, 5) is 30.0. The molecule has 6 heteroatoms. The molecule has 0 saturated carbocycles. The number of aromatic nitrogens is 2. The van der Waals surface area contributed by atoms with Crippen LogP contribution in [-0.4, -0.2) is 21.8 Å². The number of amides is 1. The predicted molar refractivity (Wildman–Crippen MR) is 117 cm³/mol. The first-order chi connectivity index (χ1) is 15.0. The summed E-state index contributed by atoms with van der Waals surface area (Å²) in [5.41, 5.74) is 4.21. The Morgan fingerprint density at radius 3 is 2.13 bits per heavy atom. The fourth-order valence-electron chi connectivity index (χ4n) is 3.14. The van der Waals surface area contributed by atoms with Crippen LogP contribution in [0.3, 0.4) is 0 Å². The van der Waals surface area contributed by atoms with Crippen LogP contribution in [-0.2, 0) is 6.54 Å². The summed E-state index contributed by atoms with van der Waals surface area (Å²) < 4.78 is 5.25. The second-order valence-corrected chi connectivity index (χ2v) is 7.30. The topological polar surface area (TPSA) is 85.1 Å². The summed E-state index contributed by atoms with van der Waals surface area (Å²) >= 11 is 0. The van der Waals surface area contributed by atoms with Crippen molar-refractivity contribution in [2.75, 3.05) is 0 Å². The number of benzene rings is 3. The summed E-state index contributed by atoms with van der Waals surface area (Å²) in [5.74, 6) is 0.154. The van der Waals surface area contributed by atoms with Gasteiger partial charge < -0.3 is 9.84 Å². The van der Waals surface area contributed by atoms with Crippen LogP contribution in [0.15, 0.2) is 77.3 Å². The molecule has 6 nitrogen and oxygen atoms in total. The number of carbonyl (C=O) groups is 2. The SMILES string of the molecule is Cc1ccc(C(=O)c2ccccc2C(=O)NCc2nc(-c3ccc(C)cc3)no2)cc1. The van der Waals surface area contributed by atoms with E-state index in [9.17, 15) is 9.59 Å². The molecule has 1 amide bonds. The van der Waals surface area contributed by atoms with Crippen molar-refractivity contribution in [3.05, 3.63) is 107 Å². The van der Waals surface area contributed by atoms with E-state index < -0.39 is 0 Å². The summed E-state index contributed by atoms with van der Waals surface area (Å²) in [7, 11) is 0. The van der Waals surface area contributed by atoms with Gasteiger partial charge in [0.2, 0.25) is 11.7 Å². The maximum Gasteiger partial charge on any atom is 0.252 e. The summed E-state index contributed by atoms with van der Waals surface area (Å²) in [6.45, 7) is 4.02. The molecule has 154 valence electrons. The van der Waals surface area contributed by atoms with Crippen LogP contribution >= 0.6 is 0 Å². The first-order valence-electron chi connectivity index (χ1n) is 9.89. The van der Waals surface area contributed by atoms with Gasteiger partial charge in [-0.3, -0.25) is 9.59 Å². The highest BCUT2D eigenvalue weighted by Gasteiger charge is 2.18. The molecule has 0 aliphatic heterocycles. The Kier molecular flexibility index (Phi) is 5.71. The molecule has 0 aliphatic carbocycles. The lowest BCUT2D eigenvalue weighted by atomic mass is 9.97. The van der Waals surface area contributed by atoms with E-state index in [2.05, 4.69) is 15.5 Å². The van der Waals surface area contributed by atoms with Gasteiger partial charge in [0.1, 0.15) is 0 Å². The van der Waals surface area contributed by atoms with Crippen molar-refractivity contribution >= 4 is 11.7 Å². The number of nitrogens with zero attached hydrogens (tertiary/aromatic N) is 2. The highest BCUT2D eigenvalue weighted by atomic mass is 16.5. The number of ketones is 1. The van der Waals surface area contributed by atoms with Gasteiger partial charge in [-0.15, -0.1) is 0 Å². The Hall–Kier alpha value is -4.06. The molecular formula is C25H21N3O3. The van der Waals surface area contributed by atoms with Gasteiger partial charge in [-0.2, -0.15) is 4.98 Å². The second kappa shape index (κ2) is 8.75. The van der Waals surface area contributed by atoms with Crippen molar-refractivity contribution in [1.29, 1.82) is 0 Å². The van der Waals surface area contributed by atoms with E-state index in [1.54, 1.807) is 36.4 Å². The molecule has 0 bridgehead atoms. The molecule has 1 aromatic heterocycles. The quantitative estimate of drug-likeness (QED) is 0.472. The lowest BCUT2D eigenvalue weighted by Crippen LogP contribution is -2.25. The van der Waals surface area contributed by atoms with Crippen molar-refractivity contribution in [2.24, 2.45) is 0 Å². The number of carbonyl (C=O) groups excluding carboxylic acids is 2. The maximum atomic E-state index is 12.9. The van der Waals surface area contributed by atoms with E-state index in [-0.39, 0.29) is 24.1 Å². The minimum absolute atomic E-state index is 0.0603. The van der Waals surface area contributed by atoms with Crippen molar-refractivity contribution < 1.29 is 14.1 Å². The molecule has 0 radical (unpaired) electrons. The highest BCUT2D eigenvalue weighted by molar-refractivity contribution is 6.15. The molecular weight excluding hydrogens is 390 g/mol. The molecule has 0 fully saturated rings. The van der Waals surface area contributed by atoms with E-state index in [4.69, 9.17) is 4.52 Å². The number of rotatable bonds is 6. The molecule has 0 unspecified atom stereocenters. The van der Waals surface area contributed by atoms with Crippen LogP contribution in [0.5, 0.6) is 0 Å². The number of hydrogen-bond donors (Lipinski definition) is 1. The van der Waals surface area contributed by atoms with Gasteiger partial charge >= 0.3 is 0 Å². The Labute approximate surface area is 179 Å². The van der Waals surface area contributed by atoms with E-state index in [1.165, 1.54) is 0 Å². The Morgan fingerprint density at radius 2 is 1.45 bits per heavy atom. The number of aryl methyl sites for hydroxylation is 2. The third-order valence-corrected chi connectivity index (χ3v) is 4.91. The fraction of sp³-hybridized carbons (Fsp3) is 0.120. The maximum absolute atomic E-state index is 12.9. The zero-order valence-corrected chi connectivity index (χ0v) is 17.3. The van der Waals surface area contributed by atoms with Crippen LogP contribution in [0.4, 0.5) is 0 Å². The zero-order chi connectivity index (χ0) is 21.8. The van der Waals surface area contributed by atoms with Crippen LogP contribution < -0.4 is 5.32 Å². The Balaban J connectivity index is 1.48. The Morgan fingerprint density at radius 1 is 0.839 bits per heavy atom. The third kappa shape index (κ3) is 4.59. The first-order valence-corrected chi connectivity index (χ1v) is 9.89. The molecule has 4 aromatic rings. The van der Waals surface area contributed by atoms with Crippen LogP contribution in [0.2, 0.25) is 0 Å². The minimum atomic E-state index is -0.383. The molecule has 0 atom stereocenters. The van der Waals surface area contributed by atoms with Gasteiger partial charge in [-0.1, -0.05) is 83.0 Å². The summed E-state index contributed by atoms with van der Waals surface area (Å²) in [5, 5.41) is 6.73. The average molecular weight is 411 g/mol. The normalized spacial score (nSPS) is 10.6. The molecule has 0 aliphatic rings. The zero-order valence-electron chi connectivity index (χ0n) is 17.3. The standard InChI is InChI=1S/C25H21N3O3/c1-16-7-11-18(12-8-16)23(29)20-5-3-4-6-21(20)25(30)26-15-22-27-24(28-31-22)19-13-9-17(2)10-14-19/h3-14H,15H2,1-2H3,(H,26,30). The lowest BCUT2D eigenvalue weighted by Gasteiger charge is -2.09. The second-order valence-electron chi connectivity index (χ2n) is 7.30. The van der Waals surface area contributed by atoms with E-state index in [0.29, 0.717) is 22.5 Å². The highest BCUT2D eigenvalue weighted by Crippen LogP contribution is 2.18.